The van der Waals surface area contributed by atoms with Crippen LogP contribution < -0.4 is 9.88 Å². The van der Waals surface area contributed by atoms with Crippen LogP contribution in [0, 0.1) is 20.8 Å². The fourth-order valence-electron chi connectivity index (χ4n) is 2.84. The van der Waals surface area contributed by atoms with Crippen molar-refractivity contribution < 1.29 is 9.36 Å². The summed E-state index contributed by atoms with van der Waals surface area (Å²) in [6.45, 7) is 6.30. The molecule has 0 bridgehead atoms. The van der Waals surface area contributed by atoms with Crippen molar-refractivity contribution in [3.63, 3.8) is 0 Å². The Morgan fingerprint density at radius 2 is 1.94 bits per heavy atom. The molecule has 2 rings (SSSR count). The molecule has 100 valence electrons. The molecule has 1 saturated carbocycles. The zero-order valence-electron chi connectivity index (χ0n) is 11.5. The Kier molecular flexibility index (Phi) is 4.51. The minimum absolute atomic E-state index is 0.196. The Balaban J connectivity index is 2.14. The van der Waals surface area contributed by atoms with Gasteiger partial charge in [0.2, 0.25) is 11.3 Å². The molecule has 1 N–H and O–H groups in total. The third kappa shape index (κ3) is 2.81. The van der Waals surface area contributed by atoms with Gasteiger partial charge in [0, 0.05) is 19.9 Å². The van der Waals surface area contributed by atoms with Gasteiger partial charge in [0.15, 0.2) is 5.69 Å². The Hall–Kier alpha value is -0.740. The van der Waals surface area contributed by atoms with E-state index in [9.17, 15) is 4.79 Å². The summed E-state index contributed by atoms with van der Waals surface area (Å²) in [4.78, 5) is 12.7. The maximum Gasteiger partial charge on any atom is 0.269 e. The van der Waals surface area contributed by atoms with Crippen LogP contribution >= 0.6 is 11.3 Å². The molecule has 4 heteroatoms. The first-order chi connectivity index (χ1) is 8.63. The number of carbonyl (C=O) groups excluding carboxylic acids is 1. The maximum atomic E-state index is 11.4. The minimum Gasteiger partial charge on any atom is -0.294 e. The number of aryl methyl sites for hydroxylation is 2. The highest BCUT2D eigenvalue weighted by Gasteiger charge is 2.29. The van der Waals surface area contributed by atoms with E-state index in [4.69, 9.17) is 0 Å². The Bertz CT molecular complexity index is 422. The Labute approximate surface area is 113 Å². The Morgan fingerprint density at radius 3 is 2.44 bits per heavy atom. The predicted octanol–water partition coefficient (Wildman–Crippen LogP) is 2.58. The van der Waals surface area contributed by atoms with Crippen LogP contribution in [0.25, 0.3) is 0 Å². The molecular formula is C14H23N2OS+. The third-order valence-electron chi connectivity index (χ3n) is 3.93. The smallest absolute Gasteiger partial charge is 0.269 e. The third-order valence-corrected chi connectivity index (χ3v) is 5.02. The van der Waals surface area contributed by atoms with Gasteiger partial charge in [0.1, 0.15) is 0 Å². The van der Waals surface area contributed by atoms with Gasteiger partial charge in [0.25, 0.3) is 6.17 Å². The van der Waals surface area contributed by atoms with Crippen molar-refractivity contribution in [2.75, 3.05) is 0 Å². The van der Waals surface area contributed by atoms with Crippen molar-refractivity contribution in [1.29, 1.82) is 0 Å². The van der Waals surface area contributed by atoms with Gasteiger partial charge in [-0.15, -0.1) is 0 Å². The zero-order valence-corrected chi connectivity index (χ0v) is 12.3. The van der Waals surface area contributed by atoms with Gasteiger partial charge >= 0.3 is 0 Å². The first-order valence-electron chi connectivity index (χ1n) is 6.83. The summed E-state index contributed by atoms with van der Waals surface area (Å²) in [5, 5.41) is 4.72. The summed E-state index contributed by atoms with van der Waals surface area (Å²) < 4.78 is 2.14. The Morgan fingerprint density at radius 1 is 1.28 bits per heavy atom. The average Bonchev–Trinajstić information content (AvgIpc) is 2.62. The quantitative estimate of drug-likeness (QED) is 0.672. The standard InChI is InChI=1S/C14H23N2OS/c1-10-11(2)18-12(3)16(10)14(9-17)15-13-7-5-4-6-8-13/h9,13-15H,4-8H2,1-3H3/q+1. The van der Waals surface area contributed by atoms with Crippen LogP contribution in [0.4, 0.5) is 0 Å². The van der Waals surface area contributed by atoms with Gasteiger partial charge in [-0.1, -0.05) is 30.6 Å². The van der Waals surface area contributed by atoms with Crippen LogP contribution in [0.15, 0.2) is 0 Å². The number of rotatable bonds is 4. The molecular weight excluding hydrogens is 244 g/mol. The van der Waals surface area contributed by atoms with Crippen LogP contribution in [-0.4, -0.2) is 12.3 Å². The van der Waals surface area contributed by atoms with Crippen molar-refractivity contribution in [3.05, 3.63) is 15.6 Å². The van der Waals surface area contributed by atoms with E-state index in [1.165, 1.54) is 47.7 Å². The molecule has 1 aliphatic rings. The number of hydrogen-bond acceptors (Lipinski definition) is 3. The van der Waals surface area contributed by atoms with Gasteiger partial charge in [0.05, 0.1) is 4.88 Å². The fourth-order valence-corrected chi connectivity index (χ4v) is 3.88. The van der Waals surface area contributed by atoms with Gasteiger partial charge in [-0.25, -0.2) is 5.32 Å². The number of nitrogens with zero attached hydrogens (tertiary/aromatic N) is 1. The molecule has 3 nitrogen and oxygen atoms in total. The summed E-state index contributed by atoms with van der Waals surface area (Å²) >= 11 is 1.77. The van der Waals surface area contributed by atoms with Crippen LogP contribution in [0.3, 0.4) is 0 Å². The van der Waals surface area contributed by atoms with Gasteiger partial charge < -0.3 is 0 Å². The van der Waals surface area contributed by atoms with Gasteiger partial charge in [-0.05, 0) is 19.8 Å². The molecule has 0 aliphatic heterocycles. The van der Waals surface area contributed by atoms with Gasteiger partial charge in [-0.2, -0.15) is 4.57 Å². The van der Waals surface area contributed by atoms with Crippen LogP contribution in [-0.2, 0) is 4.79 Å². The molecule has 1 unspecified atom stereocenters. The fraction of sp³-hybridized carbons (Fsp3) is 0.714. The topological polar surface area (TPSA) is 33.0 Å². The largest absolute Gasteiger partial charge is 0.294 e. The second-order valence-electron chi connectivity index (χ2n) is 5.22. The van der Waals surface area contributed by atoms with Crippen molar-refractivity contribution in [1.82, 2.24) is 5.32 Å². The predicted molar refractivity (Wildman–Crippen MR) is 73.8 cm³/mol. The summed E-state index contributed by atoms with van der Waals surface area (Å²) in [6.07, 6.45) is 7.16. The lowest BCUT2D eigenvalue weighted by Gasteiger charge is -2.23. The second kappa shape index (κ2) is 5.93. The summed E-state index contributed by atoms with van der Waals surface area (Å²) in [7, 11) is 0. The van der Waals surface area contributed by atoms with E-state index < -0.39 is 0 Å². The van der Waals surface area contributed by atoms with Crippen molar-refractivity contribution in [3.8, 4) is 0 Å². The van der Waals surface area contributed by atoms with E-state index in [-0.39, 0.29) is 6.17 Å². The number of aldehydes is 1. The van der Waals surface area contributed by atoms with Crippen LogP contribution in [0.2, 0.25) is 0 Å². The lowest BCUT2D eigenvalue weighted by molar-refractivity contribution is -0.719. The molecule has 18 heavy (non-hydrogen) atoms. The van der Waals surface area contributed by atoms with Crippen LogP contribution in [0.5, 0.6) is 0 Å². The van der Waals surface area contributed by atoms with Crippen molar-refractivity contribution in [2.24, 2.45) is 0 Å². The molecule has 0 amide bonds. The molecule has 0 radical (unpaired) electrons. The van der Waals surface area contributed by atoms with Gasteiger partial charge in [-0.3, -0.25) is 4.79 Å². The average molecular weight is 267 g/mol. The summed E-state index contributed by atoms with van der Waals surface area (Å²) in [5.41, 5.74) is 1.21. The molecule has 0 aromatic carbocycles. The van der Waals surface area contributed by atoms with E-state index in [2.05, 4.69) is 30.7 Å². The highest BCUT2D eigenvalue weighted by Crippen LogP contribution is 2.20. The molecule has 0 spiro atoms. The van der Waals surface area contributed by atoms with E-state index >= 15 is 0 Å². The lowest BCUT2D eigenvalue weighted by atomic mass is 9.95. The summed E-state index contributed by atoms with van der Waals surface area (Å²) in [6, 6.07) is 0.500. The van der Waals surface area contributed by atoms with E-state index in [1.54, 1.807) is 11.3 Å². The van der Waals surface area contributed by atoms with Crippen molar-refractivity contribution >= 4 is 17.6 Å². The minimum atomic E-state index is -0.196. The zero-order chi connectivity index (χ0) is 13.1. The molecule has 0 saturated heterocycles. The number of hydrogen-bond donors (Lipinski definition) is 1. The normalized spacial score (nSPS) is 18.8. The highest BCUT2D eigenvalue weighted by molar-refractivity contribution is 7.11. The lowest BCUT2D eigenvalue weighted by Crippen LogP contribution is -2.54. The molecule has 1 aromatic heterocycles. The molecule has 1 atom stereocenters. The van der Waals surface area contributed by atoms with Crippen molar-refractivity contribution in [2.45, 2.75) is 65.1 Å². The number of carbonyl (C=O) groups is 1. The molecule has 1 heterocycles. The first kappa shape index (κ1) is 13.7. The maximum absolute atomic E-state index is 11.4. The number of nitrogens with one attached hydrogen (secondary N) is 1. The van der Waals surface area contributed by atoms with E-state index in [0.29, 0.717) is 6.04 Å². The SMILES string of the molecule is Cc1sc(C)[n+](C(C=O)NC2CCCCC2)c1C. The monoisotopic (exact) mass is 267 g/mol. The number of thiazole rings is 1. The van der Waals surface area contributed by atoms with E-state index in [0.717, 1.165) is 6.29 Å². The second-order valence-corrected chi connectivity index (χ2v) is 6.62. The van der Waals surface area contributed by atoms with E-state index in [1.807, 2.05) is 0 Å². The molecule has 1 aliphatic carbocycles. The highest BCUT2D eigenvalue weighted by atomic mass is 32.1. The molecule has 1 aromatic rings. The number of aromatic nitrogens is 1. The molecule has 1 fully saturated rings. The summed E-state index contributed by atoms with van der Waals surface area (Å²) in [5.74, 6) is 0. The first-order valence-corrected chi connectivity index (χ1v) is 7.64. The van der Waals surface area contributed by atoms with Crippen LogP contribution in [0.1, 0.15) is 53.8 Å².